The first-order valence-electron chi connectivity index (χ1n) is 17.2. The van der Waals surface area contributed by atoms with Crippen LogP contribution in [0.2, 0.25) is 0 Å². The van der Waals surface area contributed by atoms with Crippen molar-refractivity contribution < 1.29 is 24.9 Å². The summed E-state index contributed by atoms with van der Waals surface area (Å²) in [6.45, 7) is 17.7. The van der Waals surface area contributed by atoms with Crippen LogP contribution in [-0.2, 0) is 9.53 Å². The fraction of sp³-hybridized carbons (Fsp3) is 0.718. The Morgan fingerprint density at radius 2 is 1.64 bits per heavy atom. The number of rotatable bonds is 4. The van der Waals surface area contributed by atoms with E-state index in [1.165, 1.54) is 43.9 Å². The average molecular weight is 605 g/mol. The van der Waals surface area contributed by atoms with Gasteiger partial charge in [0.2, 0.25) is 0 Å². The van der Waals surface area contributed by atoms with Crippen molar-refractivity contribution in [1.29, 1.82) is 0 Å². The lowest BCUT2D eigenvalue weighted by atomic mass is 9.33. The Kier molecular flexibility index (Phi) is 7.47. The SMILES string of the molecule is CC1(C)[C@@H](O)CC[C@]2(C)[C@H]3CC=C4[C@@H]5C[C@@](C)(COC(=O)/C=C/c6ccc(O)c(O)c6)CC[C@]5(C)CC[C@@]4(C)[C@]3(C)CC[C@@H]12. The molecule has 44 heavy (non-hydrogen) atoms. The van der Waals surface area contributed by atoms with E-state index in [0.29, 0.717) is 29.9 Å². The molecule has 4 fully saturated rings. The summed E-state index contributed by atoms with van der Waals surface area (Å²) in [5.41, 5.74) is 3.18. The molecule has 4 saturated carbocycles. The van der Waals surface area contributed by atoms with Crippen LogP contribution in [0.4, 0.5) is 0 Å². The Labute approximate surface area is 265 Å². The van der Waals surface area contributed by atoms with Crippen molar-refractivity contribution in [1.82, 2.24) is 0 Å². The van der Waals surface area contributed by atoms with Crippen LogP contribution in [0, 0.1) is 50.2 Å². The van der Waals surface area contributed by atoms with Gasteiger partial charge < -0.3 is 20.1 Å². The second-order valence-electron chi connectivity index (χ2n) is 17.6. The van der Waals surface area contributed by atoms with Crippen LogP contribution in [0.5, 0.6) is 11.5 Å². The molecule has 0 unspecified atom stereocenters. The summed E-state index contributed by atoms with van der Waals surface area (Å²) in [6.07, 6.45) is 17.0. The number of phenolic OH excluding ortho intramolecular Hbond substituents is 2. The van der Waals surface area contributed by atoms with Gasteiger partial charge in [-0.3, -0.25) is 0 Å². The number of hydrogen-bond donors (Lipinski definition) is 3. The van der Waals surface area contributed by atoms with E-state index in [1.54, 1.807) is 17.7 Å². The molecule has 6 rings (SSSR count). The average Bonchev–Trinajstić information content (AvgIpc) is 2.96. The quantitative estimate of drug-likeness (QED) is 0.138. The maximum Gasteiger partial charge on any atom is 0.330 e. The third-order valence-corrected chi connectivity index (χ3v) is 14.9. The normalized spacial score (nSPS) is 44.5. The molecule has 5 nitrogen and oxygen atoms in total. The fourth-order valence-corrected chi connectivity index (χ4v) is 11.6. The van der Waals surface area contributed by atoms with Crippen molar-refractivity contribution in [2.24, 2.45) is 50.2 Å². The van der Waals surface area contributed by atoms with E-state index in [1.807, 2.05) is 0 Å². The molecule has 3 N–H and O–H groups in total. The Morgan fingerprint density at radius 1 is 0.909 bits per heavy atom. The predicted molar refractivity (Wildman–Crippen MR) is 175 cm³/mol. The molecule has 0 saturated heterocycles. The number of esters is 1. The van der Waals surface area contributed by atoms with Gasteiger partial charge in [0.25, 0.3) is 0 Å². The summed E-state index contributed by atoms with van der Waals surface area (Å²) in [5, 5.41) is 30.3. The standard InChI is InChI=1S/C39H56O5/c1-34(2)30-14-17-39(7)31(37(30,5)16-15-32(34)42)12-10-26-27-23-35(3,18-19-36(27,4)20-21-38(26,39)6)24-44-33(43)13-9-25-8-11-28(40)29(41)22-25/h8-11,13,22,27,30-32,40-42H,12,14-21,23-24H2,1-7H3/b13-9+/t27-,30-,31+,32-,35-,36+,37-,38+,39+/m0/s1. The molecule has 0 amide bonds. The molecule has 0 aromatic heterocycles. The van der Waals surface area contributed by atoms with Crippen LogP contribution in [0.15, 0.2) is 35.9 Å². The Bertz CT molecular complexity index is 1380. The number of phenols is 2. The van der Waals surface area contributed by atoms with E-state index in [-0.39, 0.29) is 56.1 Å². The highest BCUT2D eigenvalue weighted by Gasteiger charge is 2.68. The van der Waals surface area contributed by atoms with Crippen LogP contribution in [-0.4, -0.2) is 34.0 Å². The van der Waals surface area contributed by atoms with Crippen LogP contribution in [0.25, 0.3) is 6.08 Å². The van der Waals surface area contributed by atoms with Crippen LogP contribution in [0.1, 0.15) is 118 Å². The first-order valence-corrected chi connectivity index (χ1v) is 17.2. The molecule has 0 spiro atoms. The van der Waals surface area contributed by atoms with Crippen LogP contribution >= 0.6 is 0 Å². The summed E-state index contributed by atoms with van der Waals surface area (Å²) in [6, 6.07) is 4.49. The molecule has 0 aliphatic heterocycles. The van der Waals surface area contributed by atoms with Gasteiger partial charge in [0.1, 0.15) is 0 Å². The smallest absolute Gasteiger partial charge is 0.330 e. The highest BCUT2D eigenvalue weighted by Crippen LogP contribution is 2.75. The second-order valence-corrected chi connectivity index (χ2v) is 17.6. The van der Waals surface area contributed by atoms with E-state index >= 15 is 0 Å². The number of aromatic hydroxyl groups is 2. The third kappa shape index (κ3) is 4.69. The zero-order chi connectivity index (χ0) is 31.9. The van der Waals surface area contributed by atoms with Crippen LogP contribution < -0.4 is 0 Å². The summed E-state index contributed by atoms with van der Waals surface area (Å²) in [7, 11) is 0. The van der Waals surface area contributed by atoms with E-state index in [9.17, 15) is 20.1 Å². The Balaban J connectivity index is 1.22. The number of aliphatic hydroxyl groups is 1. The number of ether oxygens (including phenoxy) is 1. The number of fused-ring (bicyclic) bond motifs is 7. The lowest BCUT2D eigenvalue weighted by Gasteiger charge is -2.71. The number of benzene rings is 1. The molecule has 5 heteroatoms. The number of carbonyl (C=O) groups excluding carboxylic acids is 1. The number of hydrogen-bond acceptors (Lipinski definition) is 5. The van der Waals surface area contributed by atoms with Crippen LogP contribution in [0.3, 0.4) is 0 Å². The summed E-state index contributed by atoms with van der Waals surface area (Å²) < 4.78 is 5.86. The minimum atomic E-state index is -0.377. The van der Waals surface area contributed by atoms with Crippen molar-refractivity contribution in [2.75, 3.05) is 6.61 Å². The number of aliphatic hydroxyl groups excluding tert-OH is 1. The van der Waals surface area contributed by atoms with E-state index in [0.717, 1.165) is 38.5 Å². The Hall–Kier alpha value is -2.27. The van der Waals surface area contributed by atoms with Gasteiger partial charge in [0.15, 0.2) is 11.5 Å². The fourth-order valence-electron chi connectivity index (χ4n) is 11.6. The minimum Gasteiger partial charge on any atom is -0.504 e. The lowest BCUT2D eigenvalue weighted by Crippen LogP contribution is -2.64. The van der Waals surface area contributed by atoms with Gasteiger partial charge in [0, 0.05) is 11.5 Å². The number of carbonyl (C=O) groups is 1. The maximum absolute atomic E-state index is 12.7. The minimum absolute atomic E-state index is 0.0337. The highest BCUT2D eigenvalue weighted by molar-refractivity contribution is 5.87. The van der Waals surface area contributed by atoms with Gasteiger partial charge in [-0.05, 0) is 133 Å². The molecular weight excluding hydrogens is 548 g/mol. The van der Waals surface area contributed by atoms with Crippen molar-refractivity contribution in [2.45, 2.75) is 119 Å². The monoisotopic (exact) mass is 604 g/mol. The predicted octanol–water partition coefficient (Wildman–Crippen LogP) is 8.82. The van der Waals surface area contributed by atoms with Gasteiger partial charge in [0.05, 0.1) is 12.7 Å². The first kappa shape index (κ1) is 31.7. The molecule has 0 heterocycles. The van der Waals surface area contributed by atoms with Crippen molar-refractivity contribution >= 4 is 12.0 Å². The molecule has 5 aliphatic rings. The molecule has 0 radical (unpaired) electrons. The molecule has 5 aliphatic carbocycles. The molecule has 1 aromatic rings. The zero-order valence-corrected chi connectivity index (χ0v) is 28.2. The zero-order valence-electron chi connectivity index (χ0n) is 28.2. The van der Waals surface area contributed by atoms with E-state index in [2.05, 4.69) is 54.5 Å². The highest BCUT2D eigenvalue weighted by atomic mass is 16.5. The summed E-state index contributed by atoms with van der Waals surface area (Å²) >= 11 is 0. The van der Waals surface area contributed by atoms with Crippen molar-refractivity contribution in [3.05, 3.63) is 41.5 Å². The van der Waals surface area contributed by atoms with E-state index in [4.69, 9.17) is 4.74 Å². The largest absolute Gasteiger partial charge is 0.504 e. The van der Waals surface area contributed by atoms with Gasteiger partial charge in [-0.2, -0.15) is 0 Å². The molecule has 242 valence electrons. The van der Waals surface area contributed by atoms with Gasteiger partial charge in [-0.15, -0.1) is 0 Å². The Morgan fingerprint density at radius 3 is 2.36 bits per heavy atom. The van der Waals surface area contributed by atoms with Gasteiger partial charge in [-0.1, -0.05) is 66.2 Å². The lowest BCUT2D eigenvalue weighted by molar-refractivity contribution is -0.203. The van der Waals surface area contributed by atoms with Gasteiger partial charge in [-0.25, -0.2) is 4.79 Å². The van der Waals surface area contributed by atoms with Crippen molar-refractivity contribution in [3.63, 3.8) is 0 Å². The molecule has 1 aromatic carbocycles. The topological polar surface area (TPSA) is 87.0 Å². The second kappa shape index (κ2) is 10.4. The van der Waals surface area contributed by atoms with Gasteiger partial charge >= 0.3 is 5.97 Å². The third-order valence-electron chi connectivity index (χ3n) is 14.9. The summed E-state index contributed by atoms with van der Waals surface area (Å²) in [4.78, 5) is 12.7. The molecule has 9 atom stereocenters. The van der Waals surface area contributed by atoms with E-state index < -0.39 is 0 Å². The summed E-state index contributed by atoms with van der Waals surface area (Å²) in [5.74, 6) is 0.930. The van der Waals surface area contributed by atoms with Crippen molar-refractivity contribution in [3.8, 4) is 11.5 Å². The first-order chi connectivity index (χ1) is 20.5. The number of allylic oxidation sites excluding steroid dienone is 2. The molecular formula is C39H56O5. The molecule has 0 bridgehead atoms. The maximum atomic E-state index is 12.7.